The molecule has 0 aliphatic carbocycles. The molecule has 10 heteroatoms. The number of nitrogen functional groups attached to an aromatic ring is 1. The largest absolute Gasteiger partial charge is 0.383 e. The van der Waals surface area contributed by atoms with E-state index in [1.165, 1.54) is 23.0 Å². The molecule has 40 heavy (non-hydrogen) atoms. The summed E-state index contributed by atoms with van der Waals surface area (Å²) in [6.07, 6.45) is 3.11. The Morgan fingerprint density at radius 2 is 1.70 bits per heavy atom. The van der Waals surface area contributed by atoms with Gasteiger partial charge in [0.1, 0.15) is 41.4 Å². The second-order valence-electron chi connectivity index (χ2n) is 9.47. The van der Waals surface area contributed by atoms with Gasteiger partial charge >= 0.3 is 0 Å². The van der Waals surface area contributed by atoms with Crippen molar-refractivity contribution < 1.29 is 4.39 Å². The standard InChI is InChI=1S/C30H21FN8O/c1-17-7-2-5-12-23(17)39-24(36-22-11-6-9-20(31)25(22)30(39)40)15-38-29-26(28(32)34-16-35-29)27(37-38)19-13-18-8-3-4-10-21(18)33-14-19/h2-14,16H,15H2,1H3,(H2,32,34,35). The highest BCUT2D eigenvalue weighted by Gasteiger charge is 2.22. The van der Waals surface area contributed by atoms with Crippen molar-refractivity contribution in [3.63, 3.8) is 0 Å². The van der Waals surface area contributed by atoms with E-state index < -0.39 is 11.4 Å². The Bertz CT molecular complexity index is 2170. The minimum Gasteiger partial charge on any atom is -0.383 e. The predicted molar refractivity (Wildman–Crippen MR) is 152 cm³/mol. The minimum atomic E-state index is -0.625. The van der Waals surface area contributed by atoms with Gasteiger partial charge in [0.05, 0.1) is 22.1 Å². The first kappa shape index (κ1) is 23.6. The third kappa shape index (κ3) is 3.69. The molecule has 9 nitrogen and oxygen atoms in total. The van der Waals surface area contributed by atoms with Gasteiger partial charge in [0.2, 0.25) is 0 Å². The molecular weight excluding hydrogens is 507 g/mol. The van der Waals surface area contributed by atoms with Gasteiger partial charge in [0.15, 0.2) is 5.65 Å². The van der Waals surface area contributed by atoms with Gasteiger partial charge in [0.25, 0.3) is 5.56 Å². The average Bonchev–Trinajstić information content (AvgIpc) is 3.33. The third-order valence-corrected chi connectivity index (χ3v) is 6.99. The molecular formula is C30H21FN8O. The minimum absolute atomic E-state index is 0.0595. The normalized spacial score (nSPS) is 11.6. The van der Waals surface area contributed by atoms with Gasteiger partial charge in [-0.1, -0.05) is 42.5 Å². The fourth-order valence-electron chi connectivity index (χ4n) is 5.08. The summed E-state index contributed by atoms with van der Waals surface area (Å²) in [5.74, 6) is 0.00597. The number of nitrogens with two attached hydrogens (primary N) is 1. The maximum atomic E-state index is 14.8. The molecule has 0 aliphatic rings. The van der Waals surface area contributed by atoms with Crippen LogP contribution >= 0.6 is 0 Å². The zero-order valence-corrected chi connectivity index (χ0v) is 21.3. The Morgan fingerprint density at radius 1 is 0.900 bits per heavy atom. The Morgan fingerprint density at radius 3 is 2.58 bits per heavy atom. The molecule has 2 N–H and O–H groups in total. The van der Waals surface area contributed by atoms with Gasteiger partial charge in [-0.05, 0) is 42.8 Å². The van der Waals surface area contributed by atoms with Gasteiger partial charge in [-0.2, -0.15) is 5.10 Å². The van der Waals surface area contributed by atoms with E-state index in [1.54, 1.807) is 16.9 Å². The van der Waals surface area contributed by atoms with Crippen LogP contribution in [0.5, 0.6) is 0 Å². The zero-order chi connectivity index (χ0) is 27.4. The van der Waals surface area contributed by atoms with Crippen molar-refractivity contribution in [2.75, 3.05) is 5.73 Å². The van der Waals surface area contributed by atoms with Crippen molar-refractivity contribution in [2.24, 2.45) is 0 Å². The molecule has 194 valence electrons. The van der Waals surface area contributed by atoms with Gasteiger partial charge in [0, 0.05) is 17.1 Å². The monoisotopic (exact) mass is 528 g/mol. The molecule has 0 spiro atoms. The summed E-state index contributed by atoms with van der Waals surface area (Å²) in [7, 11) is 0. The van der Waals surface area contributed by atoms with Crippen LogP contribution in [0.4, 0.5) is 10.2 Å². The van der Waals surface area contributed by atoms with E-state index in [0.717, 1.165) is 22.0 Å². The van der Waals surface area contributed by atoms with Crippen molar-refractivity contribution in [1.29, 1.82) is 0 Å². The molecule has 4 heterocycles. The van der Waals surface area contributed by atoms with Crippen molar-refractivity contribution in [2.45, 2.75) is 13.5 Å². The van der Waals surface area contributed by atoms with Crippen molar-refractivity contribution in [3.05, 3.63) is 113 Å². The number of aryl methyl sites for hydroxylation is 1. The topological polar surface area (TPSA) is 117 Å². The zero-order valence-electron chi connectivity index (χ0n) is 21.3. The Labute approximate surface area is 226 Å². The fraction of sp³-hybridized carbons (Fsp3) is 0.0667. The van der Waals surface area contributed by atoms with Gasteiger partial charge in [-0.25, -0.2) is 24.0 Å². The van der Waals surface area contributed by atoms with Crippen molar-refractivity contribution >= 4 is 38.7 Å². The van der Waals surface area contributed by atoms with Crippen LogP contribution in [0, 0.1) is 12.7 Å². The summed E-state index contributed by atoms with van der Waals surface area (Å²) in [4.78, 5) is 31.8. The van der Waals surface area contributed by atoms with Crippen LogP contribution in [0.15, 0.2) is 90.1 Å². The summed E-state index contributed by atoms with van der Waals surface area (Å²) in [5, 5.41) is 6.31. The number of anilines is 1. The van der Waals surface area contributed by atoms with E-state index in [2.05, 4.69) is 15.0 Å². The van der Waals surface area contributed by atoms with E-state index in [9.17, 15) is 9.18 Å². The lowest BCUT2D eigenvalue weighted by Crippen LogP contribution is -2.27. The first-order chi connectivity index (χ1) is 19.5. The number of para-hydroxylation sites is 2. The number of fused-ring (bicyclic) bond motifs is 3. The molecule has 0 atom stereocenters. The SMILES string of the molecule is Cc1ccccc1-n1c(Cn2nc(-c3cnc4ccccc4c3)c3c(N)ncnc32)nc2cccc(F)c2c1=O. The number of nitrogens with zero attached hydrogens (tertiary/aromatic N) is 7. The Kier molecular flexibility index (Phi) is 5.34. The van der Waals surface area contributed by atoms with Gasteiger partial charge < -0.3 is 5.73 Å². The quantitative estimate of drug-likeness (QED) is 0.348. The average molecular weight is 529 g/mol. The molecule has 0 amide bonds. The number of benzene rings is 3. The van der Waals surface area contributed by atoms with Gasteiger partial charge in [-0.3, -0.25) is 14.3 Å². The highest BCUT2D eigenvalue weighted by atomic mass is 19.1. The number of hydrogen-bond donors (Lipinski definition) is 1. The van der Waals surface area contributed by atoms with E-state index in [4.69, 9.17) is 15.8 Å². The van der Waals surface area contributed by atoms with Crippen LogP contribution in [0.3, 0.4) is 0 Å². The maximum absolute atomic E-state index is 14.8. The maximum Gasteiger partial charge on any atom is 0.269 e. The van der Waals surface area contributed by atoms with E-state index >= 15 is 0 Å². The molecule has 0 saturated carbocycles. The van der Waals surface area contributed by atoms with Crippen molar-refractivity contribution in [1.82, 2.24) is 34.3 Å². The molecule has 4 aromatic heterocycles. The lowest BCUT2D eigenvalue weighted by atomic mass is 10.1. The number of aromatic nitrogens is 7. The van der Waals surface area contributed by atoms with Crippen LogP contribution in [-0.2, 0) is 6.54 Å². The van der Waals surface area contributed by atoms with Gasteiger partial charge in [-0.15, -0.1) is 0 Å². The van der Waals surface area contributed by atoms with Crippen LogP contribution in [0.2, 0.25) is 0 Å². The molecule has 0 saturated heterocycles. The molecule has 0 aliphatic heterocycles. The third-order valence-electron chi connectivity index (χ3n) is 6.99. The van der Waals surface area contributed by atoms with Crippen LogP contribution in [-0.4, -0.2) is 34.3 Å². The van der Waals surface area contributed by atoms with E-state index in [-0.39, 0.29) is 23.3 Å². The number of pyridine rings is 1. The van der Waals surface area contributed by atoms with Crippen LogP contribution in [0.25, 0.3) is 49.8 Å². The molecule has 3 aromatic carbocycles. The van der Waals surface area contributed by atoms with E-state index in [1.807, 2.05) is 61.5 Å². The molecule has 0 bridgehead atoms. The number of halogens is 1. The Hall–Kier alpha value is -5.51. The lowest BCUT2D eigenvalue weighted by molar-refractivity contribution is 0.630. The highest BCUT2D eigenvalue weighted by Crippen LogP contribution is 2.31. The molecule has 7 rings (SSSR count). The van der Waals surface area contributed by atoms with E-state index in [0.29, 0.717) is 28.2 Å². The fourth-order valence-corrected chi connectivity index (χ4v) is 5.08. The molecule has 7 aromatic rings. The lowest BCUT2D eigenvalue weighted by Gasteiger charge is -2.16. The summed E-state index contributed by atoms with van der Waals surface area (Å²) in [5.41, 5.74) is 10.2. The Balaban J connectivity index is 1.47. The molecule has 0 unspecified atom stereocenters. The molecule has 0 fully saturated rings. The number of hydrogen-bond acceptors (Lipinski definition) is 7. The van der Waals surface area contributed by atoms with Crippen LogP contribution in [0.1, 0.15) is 11.4 Å². The van der Waals surface area contributed by atoms with Crippen molar-refractivity contribution in [3.8, 4) is 16.9 Å². The smallest absolute Gasteiger partial charge is 0.269 e. The predicted octanol–water partition coefficient (Wildman–Crippen LogP) is 4.82. The number of rotatable bonds is 4. The second kappa shape index (κ2) is 9.05. The first-order valence-electron chi connectivity index (χ1n) is 12.6. The molecule has 0 radical (unpaired) electrons. The summed E-state index contributed by atoms with van der Waals surface area (Å²) >= 11 is 0. The summed E-state index contributed by atoms with van der Waals surface area (Å²) in [6.45, 7) is 1.95. The van der Waals surface area contributed by atoms with Crippen LogP contribution < -0.4 is 11.3 Å². The second-order valence-corrected chi connectivity index (χ2v) is 9.47. The summed E-state index contributed by atoms with van der Waals surface area (Å²) in [6, 6.07) is 21.6. The first-order valence-corrected chi connectivity index (χ1v) is 12.6. The summed E-state index contributed by atoms with van der Waals surface area (Å²) < 4.78 is 17.9. The highest BCUT2D eigenvalue weighted by molar-refractivity contribution is 5.99.